The number of esters is 1. The van der Waals surface area contributed by atoms with Crippen LogP contribution in [-0.2, 0) is 23.6 Å². The summed E-state index contributed by atoms with van der Waals surface area (Å²) in [5.41, 5.74) is -1.16. The number of anilines is 1. The summed E-state index contributed by atoms with van der Waals surface area (Å²) in [4.78, 5) is 53.7. The second-order valence-corrected chi connectivity index (χ2v) is 11.6. The van der Waals surface area contributed by atoms with E-state index in [1.807, 2.05) is 4.90 Å². The van der Waals surface area contributed by atoms with Gasteiger partial charge in [-0.1, -0.05) is 23.3 Å². The summed E-state index contributed by atoms with van der Waals surface area (Å²) < 4.78 is 51.7. The second-order valence-electron chi connectivity index (χ2n) is 9.87. The highest BCUT2D eigenvalue weighted by molar-refractivity contribution is 7.58. The molecule has 1 amide bonds. The lowest BCUT2D eigenvalue weighted by Crippen LogP contribution is -2.42. The van der Waals surface area contributed by atoms with Gasteiger partial charge in [-0.15, -0.1) is 0 Å². The Balaban J connectivity index is 1.47. The fraction of sp³-hybridized carbons (Fsp3) is 0.520. The lowest BCUT2D eigenvalue weighted by atomic mass is 10.1. The summed E-state index contributed by atoms with van der Waals surface area (Å²) >= 11 is 0. The number of aliphatic hydroxyl groups excluding tert-OH is 1. The van der Waals surface area contributed by atoms with Crippen molar-refractivity contribution >= 4 is 25.8 Å². The first-order valence-electron chi connectivity index (χ1n) is 13.0. The van der Waals surface area contributed by atoms with Crippen LogP contribution in [0.2, 0.25) is 0 Å². The fourth-order valence-electron chi connectivity index (χ4n) is 4.58. The highest BCUT2D eigenvalue weighted by atomic mass is 31.2. The number of hydrogen-bond donors (Lipinski definition) is 4. The Morgan fingerprint density at radius 3 is 2.62 bits per heavy atom. The van der Waals surface area contributed by atoms with Gasteiger partial charge in [-0.2, -0.15) is 23.2 Å². The molecule has 0 radical (unpaired) electrons. The summed E-state index contributed by atoms with van der Waals surface area (Å²) in [5, 5.41) is 15.4. The van der Waals surface area contributed by atoms with Gasteiger partial charge in [-0.05, 0) is 51.6 Å². The molecule has 1 aromatic carbocycles. The topological polar surface area (TPSA) is 174 Å². The molecule has 230 valence electrons. The van der Waals surface area contributed by atoms with E-state index in [-0.39, 0.29) is 17.5 Å². The number of amides is 1. The van der Waals surface area contributed by atoms with Crippen molar-refractivity contribution in [2.75, 3.05) is 32.6 Å². The second kappa shape index (κ2) is 13.0. The number of ether oxygens (including phenoxy) is 2. The molecule has 17 heteroatoms. The first-order valence-corrected chi connectivity index (χ1v) is 14.6. The van der Waals surface area contributed by atoms with E-state index in [2.05, 4.69) is 20.1 Å². The van der Waals surface area contributed by atoms with Crippen LogP contribution < -0.4 is 20.6 Å². The van der Waals surface area contributed by atoms with Gasteiger partial charge in [0.15, 0.2) is 11.9 Å². The van der Waals surface area contributed by atoms with Crippen molar-refractivity contribution in [3.8, 4) is 5.75 Å². The Hall–Kier alpha value is -3.11. The summed E-state index contributed by atoms with van der Waals surface area (Å²) in [5.74, 6) is -5.11. The molecule has 1 aromatic heterocycles. The third kappa shape index (κ3) is 7.09. The Bertz CT molecular complexity index is 1320. The van der Waals surface area contributed by atoms with E-state index in [0.29, 0.717) is 11.0 Å². The van der Waals surface area contributed by atoms with Crippen LogP contribution in [0.3, 0.4) is 0 Å². The minimum absolute atomic E-state index is 0.123. The van der Waals surface area contributed by atoms with Gasteiger partial charge >= 0.3 is 25.7 Å². The Kier molecular flexibility index (Phi) is 9.88. The van der Waals surface area contributed by atoms with Gasteiger partial charge in [0, 0.05) is 6.20 Å². The van der Waals surface area contributed by atoms with Crippen LogP contribution in [0.5, 0.6) is 5.75 Å². The van der Waals surface area contributed by atoms with Crippen molar-refractivity contribution in [3.63, 3.8) is 0 Å². The Morgan fingerprint density at radius 1 is 1.29 bits per heavy atom. The number of hydrogen-bond acceptors (Lipinski definition) is 12. The average Bonchev–Trinajstić information content (AvgIpc) is 3.47. The smallest absolute Gasteiger partial charge is 0.468 e. The van der Waals surface area contributed by atoms with Crippen LogP contribution in [-0.4, -0.2) is 93.9 Å². The standard InChI is InChI=1S/C25H32F2N5O9P/c1-15(22(35)38-3)30-42(37,41-16-8-5-4-6-9-16)39-14-18-20(33)25(26,27)23(40-18)32-13-11-19(29-24(32)36)28-21(34)17-10-7-12-31(17)2/h4-6,8-9,11,13,15,17-18,20,23,30,33,37H,7,10,12,14H2,1-3H3/p+1/t15-,17-,18+,20+,23+,42?/m0/s1. The summed E-state index contributed by atoms with van der Waals surface area (Å²) in [6, 6.07) is 7.51. The maximum absolute atomic E-state index is 15.1. The summed E-state index contributed by atoms with van der Waals surface area (Å²) in [6.07, 6.45) is -4.05. The zero-order chi connectivity index (χ0) is 30.7. The van der Waals surface area contributed by atoms with E-state index in [9.17, 15) is 24.4 Å². The molecule has 6 atom stereocenters. The largest absolute Gasteiger partial charge is 0.544 e. The molecule has 0 spiro atoms. The van der Waals surface area contributed by atoms with Crippen LogP contribution in [0.4, 0.5) is 14.6 Å². The number of nitrogens with zero attached hydrogens (tertiary/aromatic N) is 3. The lowest BCUT2D eigenvalue weighted by molar-refractivity contribution is -0.142. The van der Waals surface area contributed by atoms with Gasteiger partial charge < -0.3 is 19.9 Å². The van der Waals surface area contributed by atoms with Crippen molar-refractivity contribution < 1.29 is 46.9 Å². The number of aromatic nitrogens is 2. The predicted octanol–water partition coefficient (Wildman–Crippen LogP) is 1.09. The van der Waals surface area contributed by atoms with Gasteiger partial charge in [-0.25, -0.2) is 4.79 Å². The monoisotopic (exact) mass is 616 g/mol. The van der Waals surface area contributed by atoms with Gasteiger partial charge in [0.05, 0.1) is 13.2 Å². The molecule has 0 saturated carbocycles. The molecule has 2 aliphatic rings. The van der Waals surface area contributed by atoms with Gasteiger partial charge in [0.25, 0.3) is 0 Å². The van der Waals surface area contributed by atoms with Crippen molar-refractivity contribution in [2.24, 2.45) is 0 Å². The molecule has 2 aromatic rings. The minimum atomic E-state index is -4.18. The highest BCUT2D eigenvalue weighted by Gasteiger charge is 2.61. The van der Waals surface area contributed by atoms with E-state index in [4.69, 9.17) is 13.8 Å². The summed E-state index contributed by atoms with van der Waals surface area (Å²) in [6.45, 7) is 1.28. The third-order valence-corrected chi connectivity index (χ3v) is 8.51. The fourth-order valence-corrected chi connectivity index (χ4v) is 6.11. The molecule has 3 heterocycles. The lowest BCUT2D eigenvalue weighted by Gasteiger charge is -2.22. The van der Waals surface area contributed by atoms with Gasteiger partial charge in [-0.3, -0.25) is 23.6 Å². The number of para-hydroxylation sites is 1. The molecular formula is C25H33F2N5O9P+. The van der Waals surface area contributed by atoms with Gasteiger partial charge in [0.2, 0.25) is 12.1 Å². The first kappa shape index (κ1) is 31.8. The van der Waals surface area contributed by atoms with Crippen molar-refractivity contribution in [1.29, 1.82) is 0 Å². The van der Waals surface area contributed by atoms with E-state index >= 15 is 8.78 Å². The van der Waals surface area contributed by atoms with Crippen LogP contribution in [0.15, 0.2) is 47.4 Å². The van der Waals surface area contributed by atoms with Crippen LogP contribution in [0, 0.1) is 0 Å². The molecule has 4 N–H and O–H groups in total. The molecule has 0 aliphatic carbocycles. The number of alkyl halides is 2. The number of benzene rings is 1. The van der Waals surface area contributed by atoms with Crippen LogP contribution >= 0.6 is 8.09 Å². The third-order valence-electron chi connectivity index (χ3n) is 6.83. The predicted molar refractivity (Wildman–Crippen MR) is 144 cm³/mol. The number of nitrogens with one attached hydrogen (secondary N) is 2. The Labute approximate surface area is 240 Å². The number of aliphatic hydroxyl groups is 1. The number of halogens is 2. The minimum Gasteiger partial charge on any atom is -0.468 e. The van der Waals surface area contributed by atoms with Crippen LogP contribution in [0.25, 0.3) is 0 Å². The van der Waals surface area contributed by atoms with Crippen molar-refractivity contribution in [2.45, 2.75) is 56.2 Å². The summed E-state index contributed by atoms with van der Waals surface area (Å²) in [7, 11) is -1.26. The van der Waals surface area contributed by atoms with E-state index in [1.165, 1.54) is 25.1 Å². The average molecular weight is 617 g/mol. The number of rotatable bonds is 11. The molecule has 14 nitrogen and oxygen atoms in total. The number of likely N-dealkylation sites (N-methyl/N-ethyl adjacent to an activating group) is 1. The van der Waals surface area contributed by atoms with E-state index in [1.54, 1.807) is 25.2 Å². The SMILES string of the molecule is COC(=O)[C@H](C)N[P+](O)(OC[C@H]1O[C@@H](n2ccc(NC(=O)[C@@H]3CCCN3C)nc2=O)C(F)(F)[C@@H]1O)Oc1ccccc1. The number of methoxy groups -OCH3 is 1. The maximum atomic E-state index is 15.1. The molecule has 0 bridgehead atoms. The Morgan fingerprint density at radius 2 is 2.00 bits per heavy atom. The van der Waals surface area contributed by atoms with Crippen molar-refractivity contribution in [3.05, 3.63) is 53.1 Å². The first-order chi connectivity index (χ1) is 19.8. The van der Waals surface area contributed by atoms with E-state index < -0.39 is 62.8 Å². The number of carbonyl (C=O) groups is 2. The van der Waals surface area contributed by atoms with E-state index in [0.717, 1.165) is 26.3 Å². The van der Waals surface area contributed by atoms with Crippen LogP contribution in [0.1, 0.15) is 26.0 Å². The molecule has 42 heavy (non-hydrogen) atoms. The maximum Gasteiger partial charge on any atom is 0.544 e. The number of carbonyl (C=O) groups excluding carboxylic acids is 2. The normalized spacial score (nSPS) is 25.9. The quantitative estimate of drug-likeness (QED) is 0.209. The highest BCUT2D eigenvalue weighted by Crippen LogP contribution is 2.54. The molecule has 1 unspecified atom stereocenters. The zero-order valence-electron chi connectivity index (χ0n) is 23.1. The molecular weight excluding hydrogens is 583 g/mol. The molecule has 4 rings (SSSR count). The number of likely N-dealkylation sites (tertiary alicyclic amines) is 1. The molecule has 2 fully saturated rings. The van der Waals surface area contributed by atoms with Crippen molar-refractivity contribution in [1.82, 2.24) is 19.5 Å². The molecule has 2 saturated heterocycles. The van der Waals surface area contributed by atoms with Gasteiger partial charge in [0.1, 0.15) is 24.6 Å². The molecule has 2 aliphatic heterocycles. The zero-order valence-corrected chi connectivity index (χ0v) is 23.9.